The van der Waals surface area contributed by atoms with Crippen LogP contribution in [0.5, 0.6) is 0 Å². The summed E-state index contributed by atoms with van der Waals surface area (Å²) >= 11 is 0. The summed E-state index contributed by atoms with van der Waals surface area (Å²) in [6, 6.07) is 0. The van der Waals surface area contributed by atoms with Crippen molar-refractivity contribution in [2.45, 2.75) is 96.9 Å². The van der Waals surface area contributed by atoms with E-state index in [1.165, 1.54) is 7.11 Å². The third-order valence-electron chi connectivity index (χ3n) is 5.46. The van der Waals surface area contributed by atoms with E-state index in [1.54, 1.807) is 0 Å². The topological polar surface area (TPSA) is 195 Å². The van der Waals surface area contributed by atoms with Crippen LogP contribution < -0.4 is 0 Å². The molecule has 2 heterocycles. The van der Waals surface area contributed by atoms with Gasteiger partial charge in [0.2, 0.25) is 0 Å². The monoisotopic (exact) mass is 578 g/mol. The normalized spacial score (nSPS) is 31.7. The Hall–Kier alpha value is -3.34. The summed E-state index contributed by atoms with van der Waals surface area (Å²) in [7, 11) is 1.25. The highest BCUT2D eigenvalue weighted by Gasteiger charge is 2.53. The molecule has 2 saturated heterocycles. The van der Waals surface area contributed by atoms with Gasteiger partial charge in [-0.15, -0.1) is 0 Å². The minimum Gasteiger partial charge on any atom is -0.456 e. The molecule has 2 aliphatic rings. The molecule has 0 aliphatic carbocycles. The molecule has 0 N–H and O–H groups in total. The lowest BCUT2D eigenvalue weighted by atomic mass is 9.98. The van der Waals surface area contributed by atoms with Crippen molar-refractivity contribution < 1.29 is 76.1 Å². The largest absolute Gasteiger partial charge is 0.456 e. The Kier molecular flexibility index (Phi) is 12.2. The van der Waals surface area contributed by atoms with Crippen molar-refractivity contribution in [3.05, 3.63) is 0 Å². The van der Waals surface area contributed by atoms with Crippen LogP contribution in [-0.2, 0) is 76.1 Å². The van der Waals surface area contributed by atoms with Crippen LogP contribution in [0, 0.1) is 0 Å². The summed E-state index contributed by atoms with van der Waals surface area (Å²) in [5.41, 5.74) is 0. The Labute approximate surface area is 229 Å². The van der Waals surface area contributed by atoms with Crippen molar-refractivity contribution in [1.82, 2.24) is 0 Å². The van der Waals surface area contributed by atoms with Gasteiger partial charge in [-0.2, -0.15) is 0 Å². The lowest BCUT2D eigenvalue weighted by molar-refractivity contribution is -0.321. The Morgan fingerprint density at radius 1 is 0.575 bits per heavy atom. The lowest BCUT2D eigenvalue weighted by Gasteiger charge is -2.45. The molecule has 9 unspecified atom stereocenters. The van der Waals surface area contributed by atoms with Crippen LogP contribution >= 0.6 is 0 Å². The first-order valence-corrected chi connectivity index (χ1v) is 12.2. The van der Waals surface area contributed by atoms with E-state index < -0.39 is 97.7 Å². The zero-order valence-electron chi connectivity index (χ0n) is 23.1. The zero-order chi connectivity index (χ0) is 30.1. The number of hydrogen-bond acceptors (Lipinski definition) is 16. The van der Waals surface area contributed by atoms with Gasteiger partial charge < -0.3 is 47.4 Å². The Morgan fingerprint density at radius 3 is 1.48 bits per heavy atom. The van der Waals surface area contributed by atoms with E-state index in [0.29, 0.717) is 0 Å². The Morgan fingerprint density at radius 2 is 1.00 bits per heavy atom. The molecule has 0 amide bonds. The van der Waals surface area contributed by atoms with E-state index in [1.807, 2.05) is 0 Å². The van der Waals surface area contributed by atoms with Crippen LogP contribution in [0.2, 0.25) is 0 Å². The number of ether oxygens (including phenoxy) is 10. The van der Waals surface area contributed by atoms with Gasteiger partial charge in [0.05, 0.1) is 13.2 Å². The first-order valence-electron chi connectivity index (χ1n) is 12.2. The molecule has 0 aromatic rings. The molecule has 2 rings (SSSR count). The third-order valence-corrected chi connectivity index (χ3v) is 5.46. The number of esters is 6. The van der Waals surface area contributed by atoms with E-state index in [-0.39, 0.29) is 6.61 Å². The van der Waals surface area contributed by atoms with E-state index in [4.69, 9.17) is 47.4 Å². The summed E-state index contributed by atoms with van der Waals surface area (Å²) in [6.07, 6.45) is -11.7. The molecule has 2 fully saturated rings. The van der Waals surface area contributed by atoms with E-state index >= 15 is 0 Å². The molecular formula is C24H34O16. The molecule has 226 valence electrons. The lowest BCUT2D eigenvalue weighted by Crippen LogP contribution is -2.63. The standard InChI is InChI=1S/C24H34O16/c1-10(25)34-16-8-32-24(21(38-14(5)29)19(16)36-12(3)27)33-9-17-18(35-11(2)26)20(37-13(4)28)22(39-15(6)30)23(31-7)40-17/h16-24H,8-9H2,1-7H3. The first-order chi connectivity index (χ1) is 18.7. The van der Waals surface area contributed by atoms with Crippen LogP contribution in [0.25, 0.3) is 0 Å². The maximum Gasteiger partial charge on any atom is 0.303 e. The second-order valence-electron chi connectivity index (χ2n) is 8.83. The summed E-state index contributed by atoms with van der Waals surface area (Å²) in [4.78, 5) is 70.8. The smallest absolute Gasteiger partial charge is 0.303 e. The molecule has 0 radical (unpaired) electrons. The molecule has 0 saturated carbocycles. The molecule has 9 atom stereocenters. The summed E-state index contributed by atoms with van der Waals surface area (Å²) in [6.45, 7) is 5.92. The molecule has 0 aromatic carbocycles. The number of methoxy groups -OCH3 is 1. The van der Waals surface area contributed by atoms with Gasteiger partial charge in [-0.1, -0.05) is 0 Å². The fraction of sp³-hybridized carbons (Fsp3) is 0.750. The van der Waals surface area contributed by atoms with Crippen LogP contribution in [0.3, 0.4) is 0 Å². The van der Waals surface area contributed by atoms with Gasteiger partial charge in [-0.05, 0) is 0 Å². The van der Waals surface area contributed by atoms with Crippen molar-refractivity contribution in [1.29, 1.82) is 0 Å². The molecule has 16 heteroatoms. The average Bonchev–Trinajstić information content (AvgIpc) is 2.81. The van der Waals surface area contributed by atoms with Gasteiger partial charge in [-0.3, -0.25) is 28.8 Å². The van der Waals surface area contributed by atoms with Crippen LogP contribution in [-0.4, -0.2) is 111 Å². The SMILES string of the molecule is COC1OC(COC2OCC(OC(C)=O)C(OC(C)=O)C2OC(C)=O)C(OC(C)=O)C(OC(C)=O)C1OC(C)=O. The molecule has 0 bridgehead atoms. The number of rotatable bonds is 10. The minimum atomic E-state index is -1.40. The summed E-state index contributed by atoms with van der Waals surface area (Å²) in [5.74, 6) is -4.54. The van der Waals surface area contributed by atoms with E-state index in [9.17, 15) is 28.8 Å². The van der Waals surface area contributed by atoms with Crippen molar-refractivity contribution in [3.8, 4) is 0 Å². The van der Waals surface area contributed by atoms with Gasteiger partial charge in [0, 0.05) is 48.7 Å². The van der Waals surface area contributed by atoms with Crippen LogP contribution in [0.1, 0.15) is 41.5 Å². The van der Waals surface area contributed by atoms with Crippen molar-refractivity contribution in [3.63, 3.8) is 0 Å². The fourth-order valence-corrected chi connectivity index (χ4v) is 4.22. The zero-order valence-corrected chi connectivity index (χ0v) is 23.1. The second-order valence-corrected chi connectivity index (χ2v) is 8.83. The highest BCUT2D eigenvalue weighted by atomic mass is 16.8. The van der Waals surface area contributed by atoms with E-state index in [0.717, 1.165) is 41.5 Å². The number of carbonyl (C=O) groups is 6. The number of carbonyl (C=O) groups excluding carboxylic acids is 6. The quantitative estimate of drug-likeness (QED) is 0.233. The molecule has 16 nitrogen and oxygen atoms in total. The number of hydrogen-bond donors (Lipinski definition) is 0. The van der Waals surface area contributed by atoms with Crippen molar-refractivity contribution in [2.24, 2.45) is 0 Å². The Balaban J connectivity index is 2.36. The average molecular weight is 579 g/mol. The van der Waals surface area contributed by atoms with Crippen LogP contribution in [0.15, 0.2) is 0 Å². The van der Waals surface area contributed by atoms with Gasteiger partial charge in [0.1, 0.15) is 6.10 Å². The van der Waals surface area contributed by atoms with Gasteiger partial charge in [0.15, 0.2) is 49.2 Å². The molecular weight excluding hydrogens is 544 g/mol. The van der Waals surface area contributed by atoms with Gasteiger partial charge in [0.25, 0.3) is 0 Å². The van der Waals surface area contributed by atoms with Gasteiger partial charge >= 0.3 is 35.8 Å². The highest BCUT2D eigenvalue weighted by Crippen LogP contribution is 2.31. The third kappa shape index (κ3) is 9.39. The summed E-state index contributed by atoms with van der Waals surface area (Å²) in [5, 5.41) is 0. The molecule has 2 aliphatic heterocycles. The predicted molar refractivity (Wildman–Crippen MR) is 125 cm³/mol. The fourth-order valence-electron chi connectivity index (χ4n) is 4.22. The maximum absolute atomic E-state index is 11.9. The predicted octanol–water partition coefficient (Wildman–Crippen LogP) is -0.679. The molecule has 0 spiro atoms. The van der Waals surface area contributed by atoms with E-state index in [2.05, 4.69) is 0 Å². The second kappa shape index (κ2) is 14.9. The maximum atomic E-state index is 11.9. The molecule has 40 heavy (non-hydrogen) atoms. The minimum absolute atomic E-state index is 0.301. The van der Waals surface area contributed by atoms with Gasteiger partial charge in [-0.25, -0.2) is 0 Å². The van der Waals surface area contributed by atoms with Crippen molar-refractivity contribution in [2.75, 3.05) is 20.3 Å². The Bertz CT molecular complexity index is 949. The van der Waals surface area contributed by atoms with Crippen LogP contribution in [0.4, 0.5) is 0 Å². The highest BCUT2D eigenvalue weighted by molar-refractivity contribution is 5.69. The van der Waals surface area contributed by atoms with Crippen molar-refractivity contribution >= 4 is 35.8 Å². The molecule has 0 aromatic heterocycles. The summed E-state index contributed by atoms with van der Waals surface area (Å²) < 4.78 is 54.3. The first kappa shape index (κ1) is 32.9.